The molecule has 0 aliphatic carbocycles. The largest absolute Gasteiger partial charge is 0.497 e. The molecular weight excluding hydrogens is 374 g/mol. The Bertz CT molecular complexity index is 1300. The van der Waals surface area contributed by atoms with Crippen LogP contribution in [0.1, 0.15) is 5.56 Å². The lowest BCUT2D eigenvalue weighted by atomic mass is 10.1. The minimum atomic E-state index is 0.549. The van der Waals surface area contributed by atoms with Crippen LogP contribution in [0.3, 0.4) is 0 Å². The molecule has 2 heterocycles. The van der Waals surface area contributed by atoms with Gasteiger partial charge < -0.3 is 4.74 Å². The minimum absolute atomic E-state index is 0.549. The average Bonchev–Trinajstić information content (AvgIpc) is 3.23. The number of fused-ring (bicyclic) bond motifs is 1. The first-order valence-electron chi connectivity index (χ1n) is 9.67. The number of aromatic nitrogens is 5. The zero-order valence-electron chi connectivity index (χ0n) is 16.4. The van der Waals surface area contributed by atoms with Gasteiger partial charge in [0.1, 0.15) is 28.2 Å². The van der Waals surface area contributed by atoms with E-state index in [1.807, 2.05) is 89.6 Å². The van der Waals surface area contributed by atoms with Crippen molar-refractivity contribution in [3.63, 3.8) is 0 Å². The summed E-state index contributed by atoms with van der Waals surface area (Å²) < 4.78 is 7.25. The molecule has 0 saturated heterocycles. The quantitative estimate of drug-likeness (QED) is 0.436. The van der Waals surface area contributed by atoms with Gasteiger partial charge in [-0.1, -0.05) is 78.0 Å². The summed E-state index contributed by atoms with van der Waals surface area (Å²) >= 11 is 0. The van der Waals surface area contributed by atoms with E-state index in [-0.39, 0.29) is 0 Å². The predicted octanol–water partition coefficient (Wildman–Crippen LogP) is 4.61. The van der Waals surface area contributed by atoms with Crippen molar-refractivity contribution in [1.82, 2.24) is 25.2 Å². The Morgan fingerprint density at radius 3 is 2.10 bits per heavy atom. The molecular formula is C24H19N5O. The van der Waals surface area contributed by atoms with Crippen molar-refractivity contribution in [2.75, 3.05) is 7.11 Å². The molecule has 0 amide bonds. The third kappa shape index (κ3) is 3.28. The molecule has 0 saturated carbocycles. The van der Waals surface area contributed by atoms with E-state index in [1.165, 1.54) is 0 Å². The molecule has 6 nitrogen and oxygen atoms in total. The van der Waals surface area contributed by atoms with Gasteiger partial charge in [0.15, 0.2) is 0 Å². The molecule has 30 heavy (non-hydrogen) atoms. The molecule has 0 N–H and O–H groups in total. The van der Waals surface area contributed by atoms with Crippen LogP contribution in [-0.4, -0.2) is 32.3 Å². The fraction of sp³-hybridized carbons (Fsp3) is 0.0833. The highest BCUT2D eigenvalue weighted by molar-refractivity contribution is 5.96. The standard InChI is InChI=1S/C24H19N5O/c1-30-20-14-8-9-17(15-20)16-29-24-22(19-12-6-3-7-13-19)26-25-21(23(24)27-28-29)18-10-4-2-5-11-18/h2-15H,16H2,1H3. The fourth-order valence-corrected chi connectivity index (χ4v) is 3.54. The van der Waals surface area contributed by atoms with E-state index in [0.717, 1.165) is 44.9 Å². The molecule has 146 valence electrons. The monoisotopic (exact) mass is 393 g/mol. The Kier molecular flexibility index (Phi) is 4.65. The maximum Gasteiger partial charge on any atom is 0.143 e. The second kappa shape index (κ2) is 7.75. The van der Waals surface area contributed by atoms with E-state index in [2.05, 4.69) is 20.5 Å². The number of hydrogen-bond donors (Lipinski definition) is 0. The molecule has 0 spiro atoms. The van der Waals surface area contributed by atoms with Crippen LogP contribution in [0.15, 0.2) is 84.9 Å². The molecule has 3 aromatic carbocycles. The number of hydrogen-bond acceptors (Lipinski definition) is 5. The number of rotatable bonds is 5. The van der Waals surface area contributed by atoms with Crippen LogP contribution in [0.2, 0.25) is 0 Å². The van der Waals surface area contributed by atoms with Crippen LogP contribution in [-0.2, 0) is 6.54 Å². The summed E-state index contributed by atoms with van der Waals surface area (Å²) in [6, 6.07) is 27.9. The molecule has 0 radical (unpaired) electrons. The predicted molar refractivity (Wildman–Crippen MR) is 116 cm³/mol. The minimum Gasteiger partial charge on any atom is -0.497 e. The molecule has 0 unspecified atom stereocenters. The number of ether oxygens (including phenoxy) is 1. The van der Waals surface area contributed by atoms with E-state index >= 15 is 0 Å². The third-order valence-electron chi connectivity index (χ3n) is 4.99. The van der Waals surface area contributed by atoms with Gasteiger partial charge in [-0.05, 0) is 17.7 Å². The van der Waals surface area contributed by atoms with E-state index in [9.17, 15) is 0 Å². The van der Waals surface area contributed by atoms with Crippen LogP contribution in [0, 0.1) is 0 Å². The maximum atomic E-state index is 5.36. The second-order valence-corrected chi connectivity index (χ2v) is 6.93. The van der Waals surface area contributed by atoms with Gasteiger partial charge in [-0.25, -0.2) is 4.68 Å². The molecule has 0 aliphatic rings. The van der Waals surface area contributed by atoms with Crippen molar-refractivity contribution in [1.29, 1.82) is 0 Å². The smallest absolute Gasteiger partial charge is 0.143 e. The lowest BCUT2D eigenvalue weighted by molar-refractivity contribution is 0.414. The van der Waals surface area contributed by atoms with Gasteiger partial charge in [-0.15, -0.1) is 15.3 Å². The van der Waals surface area contributed by atoms with Crippen molar-refractivity contribution in [3.05, 3.63) is 90.5 Å². The maximum absolute atomic E-state index is 5.36. The lowest BCUT2D eigenvalue weighted by Gasteiger charge is -2.09. The molecule has 0 atom stereocenters. The van der Waals surface area contributed by atoms with E-state index in [1.54, 1.807) is 7.11 Å². The summed E-state index contributed by atoms with van der Waals surface area (Å²) in [6.45, 7) is 0.549. The molecule has 0 aliphatic heterocycles. The van der Waals surface area contributed by atoms with Gasteiger partial charge in [0.2, 0.25) is 0 Å². The number of benzene rings is 3. The summed E-state index contributed by atoms with van der Waals surface area (Å²) in [5.41, 5.74) is 6.08. The first kappa shape index (κ1) is 18.0. The van der Waals surface area contributed by atoms with Gasteiger partial charge in [0.05, 0.1) is 13.7 Å². The molecule has 2 aromatic heterocycles. The number of nitrogens with zero attached hydrogens (tertiary/aromatic N) is 5. The highest BCUT2D eigenvalue weighted by Crippen LogP contribution is 2.31. The van der Waals surface area contributed by atoms with Gasteiger partial charge in [0, 0.05) is 11.1 Å². The normalized spacial score (nSPS) is 11.0. The molecule has 5 aromatic rings. The fourth-order valence-electron chi connectivity index (χ4n) is 3.54. The Labute approximate surface area is 173 Å². The summed E-state index contributed by atoms with van der Waals surface area (Å²) in [4.78, 5) is 0. The van der Waals surface area contributed by atoms with Gasteiger partial charge in [0.25, 0.3) is 0 Å². The van der Waals surface area contributed by atoms with Crippen LogP contribution >= 0.6 is 0 Å². The van der Waals surface area contributed by atoms with Gasteiger partial charge in [-0.3, -0.25) is 0 Å². The first-order chi connectivity index (χ1) is 14.8. The van der Waals surface area contributed by atoms with E-state index in [4.69, 9.17) is 4.74 Å². The van der Waals surface area contributed by atoms with Crippen molar-refractivity contribution >= 4 is 11.0 Å². The van der Waals surface area contributed by atoms with E-state index < -0.39 is 0 Å². The number of methoxy groups -OCH3 is 1. The third-order valence-corrected chi connectivity index (χ3v) is 4.99. The molecule has 0 bridgehead atoms. The topological polar surface area (TPSA) is 65.7 Å². The SMILES string of the molecule is COc1cccc(Cn2nnc3c(-c4ccccc4)nnc(-c4ccccc4)c32)c1. The van der Waals surface area contributed by atoms with E-state index in [0.29, 0.717) is 6.54 Å². The van der Waals surface area contributed by atoms with Gasteiger partial charge in [-0.2, -0.15) is 0 Å². The highest BCUT2D eigenvalue weighted by Gasteiger charge is 2.19. The highest BCUT2D eigenvalue weighted by atomic mass is 16.5. The molecule has 6 heteroatoms. The zero-order chi connectivity index (χ0) is 20.3. The lowest BCUT2D eigenvalue weighted by Crippen LogP contribution is -2.04. The van der Waals surface area contributed by atoms with Crippen LogP contribution in [0.5, 0.6) is 5.75 Å². The first-order valence-corrected chi connectivity index (χ1v) is 9.67. The Balaban J connectivity index is 1.71. The van der Waals surface area contributed by atoms with Gasteiger partial charge >= 0.3 is 0 Å². The molecule has 0 fully saturated rings. The van der Waals surface area contributed by atoms with Crippen molar-refractivity contribution in [2.24, 2.45) is 0 Å². The summed E-state index contributed by atoms with van der Waals surface area (Å²) in [5.74, 6) is 0.810. The van der Waals surface area contributed by atoms with Crippen molar-refractivity contribution in [3.8, 4) is 28.3 Å². The summed E-state index contributed by atoms with van der Waals surface area (Å²) in [5, 5.41) is 18.1. The van der Waals surface area contributed by atoms with Crippen LogP contribution < -0.4 is 4.74 Å². The Morgan fingerprint density at radius 1 is 0.733 bits per heavy atom. The summed E-state index contributed by atoms with van der Waals surface area (Å²) in [7, 11) is 1.67. The average molecular weight is 393 g/mol. The summed E-state index contributed by atoms with van der Waals surface area (Å²) in [6.07, 6.45) is 0. The van der Waals surface area contributed by atoms with Crippen molar-refractivity contribution < 1.29 is 4.74 Å². The van der Waals surface area contributed by atoms with Crippen LogP contribution in [0.25, 0.3) is 33.5 Å². The van der Waals surface area contributed by atoms with Crippen LogP contribution in [0.4, 0.5) is 0 Å². The van der Waals surface area contributed by atoms with Crippen molar-refractivity contribution in [2.45, 2.75) is 6.54 Å². The Hall–Kier alpha value is -4.06. The zero-order valence-corrected chi connectivity index (χ0v) is 16.4. The molecule has 5 rings (SSSR count). The Morgan fingerprint density at radius 2 is 1.40 bits per heavy atom. The second-order valence-electron chi connectivity index (χ2n) is 6.93.